The van der Waals surface area contributed by atoms with E-state index >= 15 is 0 Å². The maximum Gasteiger partial charge on any atom is 0.223 e. The summed E-state index contributed by atoms with van der Waals surface area (Å²) >= 11 is 12.1. The summed E-state index contributed by atoms with van der Waals surface area (Å²) in [4.78, 5) is 32.0. The first-order valence-corrected chi connectivity index (χ1v) is 11.3. The Bertz CT molecular complexity index is 1190. The molecule has 172 valence electrons. The molecule has 0 N–H and O–H groups in total. The van der Waals surface area contributed by atoms with Gasteiger partial charge in [0.15, 0.2) is 17.4 Å². The number of carbonyl (C=O) groups is 2. The van der Waals surface area contributed by atoms with Crippen LogP contribution in [0.5, 0.6) is 0 Å². The lowest BCUT2D eigenvalue weighted by molar-refractivity contribution is -0.131. The Balaban J connectivity index is 1.30. The van der Waals surface area contributed by atoms with Crippen LogP contribution in [0.4, 0.5) is 10.1 Å². The van der Waals surface area contributed by atoms with Gasteiger partial charge in [0.05, 0.1) is 16.9 Å². The minimum atomic E-state index is -0.428. The van der Waals surface area contributed by atoms with Crippen molar-refractivity contribution in [2.75, 3.05) is 31.1 Å². The molecule has 6 nitrogen and oxygen atoms in total. The van der Waals surface area contributed by atoms with Crippen LogP contribution in [0.1, 0.15) is 29.6 Å². The molecule has 0 bridgehead atoms. The molecule has 0 atom stereocenters. The van der Waals surface area contributed by atoms with Crippen molar-refractivity contribution < 1.29 is 18.4 Å². The zero-order chi connectivity index (χ0) is 23.5. The van der Waals surface area contributed by atoms with Gasteiger partial charge in [-0.2, -0.15) is 0 Å². The molecular formula is C24H22Cl2FN3O3. The molecule has 0 radical (unpaired) electrons. The Hall–Kier alpha value is -2.90. The van der Waals surface area contributed by atoms with Crippen LogP contribution in [0.25, 0.3) is 11.3 Å². The SMILES string of the molecule is CC(=O)c1ccc(N2CCN(C(=O)CCc3ncc(-c4ccc(Cl)cc4Cl)o3)CC2)c(F)c1. The fourth-order valence-corrected chi connectivity index (χ4v) is 4.29. The second-order valence-corrected chi connectivity index (χ2v) is 8.68. The summed E-state index contributed by atoms with van der Waals surface area (Å²) in [5, 5.41) is 0.997. The van der Waals surface area contributed by atoms with Gasteiger partial charge in [0.1, 0.15) is 5.82 Å². The average molecular weight is 490 g/mol. The predicted octanol–water partition coefficient (Wildman–Crippen LogP) is 5.27. The monoisotopic (exact) mass is 489 g/mol. The molecule has 3 aromatic rings. The minimum Gasteiger partial charge on any atom is -0.441 e. The van der Waals surface area contributed by atoms with Gasteiger partial charge in [0, 0.05) is 55.2 Å². The number of nitrogens with zero attached hydrogens (tertiary/aromatic N) is 3. The number of ketones is 1. The minimum absolute atomic E-state index is 0.00803. The van der Waals surface area contributed by atoms with Crippen LogP contribution in [0.3, 0.4) is 0 Å². The molecule has 2 heterocycles. The molecule has 1 amide bonds. The summed E-state index contributed by atoms with van der Waals surface area (Å²) in [5.74, 6) is 0.362. The van der Waals surface area contributed by atoms with Crippen molar-refractivity contribution in [1.29, 1.82) is 0 Å². The number of halogens is 3. The first-order chi connectivity index (χ1) is 15.8. The van der Waals surface area contributed by atoms with Crippen molar-refractivity contribution in [2.24, 2.45) is 0 Å². The Kier molecular flexibility index (Phi) is 7.00. The summed E-state index contributed by atoms with van der Waals surface area (Å²) < 4.78 is 20.2. The number of aryl methyl sites for hydroxylation is 1. The standard InChI is InChI=1S/C24H22Cl2FN3O3/c1-15(31)16-2-5-21(20(27)12-16)29-8-10-30(11-9-29)24(32)7-6-23-28-14-22(33-23)18-4-3-17(25)13-19(18)26/h2-5,12-14H,6-11H2,1H3. The van der Waals surface area contributed by atoms with Gasteiger partial charge in [0.2, 0.25) is 5.91 Å². The van der Waals surface area contributed by atoms with E-state index in [1.807, 2.05) is 4.90 Å². The second-order valence-electron chi connectivity index (χ2n) is 7.83. The quantitative estimate of drug-likeness (QED) is 0.441. The number of oxazole rings is 1. The third-order valence-electron chi connectivity index (χ3n) is 5.63. The molecule has 33 heavy (non-hydrogen) atoms. The third kappa shape index (κ3) is 5.37. The number of hydrogen-bond acceptors (Lipinski definition) is 5. The molecule has 2 aromatic carbocycles. The van der Waals surface area contributed by atoms with Crippen LogP contribution in [0, 0.1) is 5.82 Å². The van der Waals surface area contributed by atoms with Crippen molar-refractivity contribution >= 4 is 40.6 Å². The average Bonchev–Trinajstić information content (AvgIpc) is 3.26. The summed E-state index contributed by atoms with van der Waals surface area (Å²) in [6, 6.07) is 9.62. The van der Waals surface area contributed by atoms with E-state index in [0.29, 0.717) is 71.1 Å². The van der Waals surface area contributed by atoms with Crippen LogP contribution < -0.4 is 4.90 Å². The highest BCUT2D eigenvalue weighted by Gasteiger charge is 2.23. The molecule has 1 saturated heterocycles. The molecule has 9 heteroatoms. The van der Waals surface area contributed by atoms with E-state index in [-0.39, 0.29) is 18.1 Å². The van der Waals surface area contributed by atoms with Gasteiger partial charge in [-0.1, -0.05) is 23.2 Å². The van der Waals surface area contributed by atoms with E-state index in [4.69, 9.17) is 27.6 Å². The largest absolute Gasteiger partial charge is 0.441 e. The lowest BCUT2D eigenvalue weighted by atomic mass is 10.1. The Morgan fingerprint density at radius 1 is 1.09 bits per heavy atom. The number of rotatable bonds is 6. The van der Waals surface area contributed by atoms with Gasteiger partial charge in [0.25, 0.3) is 0 Å². The van der Waals surface area contributed by atoms with Crippen LogP contribution in [-0.2, 0) is 11.2 Å². The molecule has 1 aliphatic heterocycles. The molecular weight excluding hydrogens is 468 g/mol. The number of anilines is 1. The van der Waals surface area contributed by atoms with Crippen LogP contribution in [0.15, 0.2) is 47.0 Å². The molecule has 1 aliphatic rings. The van der Waals surface area contributed by atoms with Crippen LogP contribution in [0.2, 0.25) is 10.0 Å². The molecule has 0 spiro atoms. The number of piperazine rings is 1. The van der Waals surface area contributed by atoms with Crippen LogP contribution >= 0.6 is 23.2 Å². The van der Waals surface area contributed by atoms with Crippen molar-refractivity contribution in [3.05, 3.63) is 69.9 Å². The van der Waals surface area contributed by atoms with Gasteiger partial charge < -0.3 is 14.2 Å². The highest BCUT2D eigenvalue weighted by molar-refractivity contribution is 6.36. The summed E-state index contributed by atoms with van der Waals surface area (Å²) in [7, 11) is 0. The predicted molar refractivity (Wildman–Crippen MR) is 125 cm³/mol. The molecule has 4 rings (SSSR count). The zero-order valence-electron chi connectivity index (χ0n) is 18.0. The number of benzene rings is 2. The Labute approximate surface area is 200 Å². The first kappa shape index (κ1) is 23.3. The van der Waals surface area contributed by atoms with Crippen molar-refractivity contribution in [1.82, 2.24) is 9.88 Å². The van der Waals surface area contributed by atoms with E-state index in [2.05, 4.69) is 4.98 Å². The van der Waals surface area contributed by atoms with Gasteiger partial charge in [-0.05, 0) is 43.3 Å². The van der Waals surface area contributed by atoms with Gasteiger partial charge in [-0.3, -0.25) is 9.59 Å². The van der Waals surface area contributed by atoms with E-state index in [1.165, 1.54) is 13.0 Å². The van der Waals surface area contributed by atoms with Gasteiger partial charge >= 0.3 is 0 Å². The number of hydrogen-bond donors (Lipinski definition) is 0. The molecule has 1 fully saturated rings. The van der Waals surface area contributed by atoms with E-state index in [9.17, 15) is 14.0 Å². The molecule has 0 saturated carbocycles. The highest BCUT2D eigenvalue weighted by atomic mass is 35.5. The van der Waals surface area contributed by atoms with Crippen molar-refractivity contribution in [2.45, 2.75) is 19.8 Å². The number of aromatic nitrogens is 1. The third-order valence-corrected chi connectivity index (χ3v) is 6.18. The van der Waals surface area contributed by atoms with Crippen molar-refractivity contribution in [3.63, 3.8) is 0 Å². The smallest absolute Gasteiger partial charge is 0.223 e. The Morgan fingerprint density at radius 2 is 1.85 bits per heavy atom. The maximum atomic E-state index is 14.4. The summed E-state index contributed by atoms with van der Waals surface area (Å²) in [6.45, 7) is 3.42. The van der Waals surface area contributed by atoms with E-state index < -0.39 is 5.82 Å². The molecule has 1 aromatic heterocycles. The van der Waals surface area contributed by atoms with Crippen molar-refractivity contribution in [3.8, 4) is 11.3 Å². The fourth-order valence-electron chi connectivity index (χ4n) is 3.79. The van der Waals surface area contributed by atoms with Gasteiger partial charge in [-0.25, -0.2) is 9.37 Å². The maximum absolute atomic E-state index is 14.4. The topological polar surface area (TPSA) is 66.7 Å². The van der Waals surface area contributed by atoms with Gasteiger partial charge in [-0.15, -0.1) is 0 Å². The number of Topliss-reactive ketones (excluding diaryl/α,β-unsaturated/α-hetero) is 1. The lowest BCUT2D eigenvalue weighted by Gasteiger charge is -2.36. The summed E-state index contributed by atoms with van der Waals surface area (Å²) in [6.07, 6.45) is 2.21. The fraction of sp³-hybridized carbons (Fsp3) is 0.292. The molecule has 0 unspecified atom stereocenters. The lowest BCUT2D eigenvalue weighted by Crippen LogP contribution is -2.49. The first-order valence-electron chi connectivity index (χ1n) is 10.5. The highest BCUT2D eigenvalue weighted by Crippen LogP contribution is 2.31. The van der Waals surface area contributed by atoms with E-state index in [1.54, 1.807) is 41.4 Å². The zero-order valence-corrected chi connectivity index (χ0v) is 19.5. The van der Waals surface area contributed by atoms with Crippen LogP contribution in [-0.4, -0.2) is 47.8 Å². The normalized spacial score (nSPS) is 13.9. The van der Waals surface area contributed by atoms with E-state index in [0.717, 1.165) is 0 Å². The Morgan fingerprint density at radius 3 is 2.52 bits per heavy atom. The second kappa shape index (κ2) is 9.93. The number of amides is 1. The number of carbonyl (C=O) groups excluding carboxylic acids is 2. The summed E-state index contributed by atoms with van der Waals surface area (Å²) in [5.41, 5.74) is 1.48. The molecule has 0 aliphatic carbocycles.